The van der Waals surface area contributed by atoms with Gasteiger partial charge >= 0.3 is 0 Å². The van der Waals surface area contributed by atoms with Crippen LogP contribution in [0.1, 0.15) is 35.6 Å². The molecule has 1 saturated carbocycles. The molecule has 102 valence electrons. The minimum atomic E-state index is 0.551. The summed E-state index contributed by atoms with van der Waals surface area (Å²) in [5.74, 6) is 0.848. The van der Waals surface area contributed by atoms with E-state index < -0.39 is 0 Å². The van der Waals surface area contributed by atoms with Crippen molar-refractivity contribution in [3.63, 3.8) is 0 Å². The van der Waals surface area contributed by atoms with Crippen molar-refractivity contribution in [1.82, 2.24) is 5.32 Å². The highest BCUT2D eigenvalue weighted by Gasteiger charge is 2.34. The molecule has 0 bridgehead atoms. The Kier molecular flexibility index (Phi) is 3.08. The van der Waals surface area contributed by atoms with Crippen LogP contribution in [0, 0.1) is 5.92 Å². The van der Waals surface area contributed by atoms with E-state index in [4.69, 9.17) is 0 Å². The van der Waals surface area contributed by atoms with Crippen LogP contribution in [0.5, 0.6) is 0 Å². The van der Waals surface area contributed by atoms with E-state index in [1.807, 2.05) is 0 Å². The SMILES string of the molecule is c1ccc(C(NC2Cc3ccccc3C2)C2CC2)cc1. The summed E-state index contributed by atoms with van der Waals surface area (Å²) in [7, 11) is 0. The average Bonchev–Trinajstić information content (AvgIpc) is 3.25. The van der Waals surface area contributed by atoms with E-state index in [0.717, 1.165) is 5.92 Å². The zero-order valence-corrected chi connectivity index (χ0v) is 11.8. The van der Waals surface area contributed by atoms with Gasteiger partial charge in [-0.25, -0.2) is 0 Å². The normalized spacial score (nSPS) is 19.8. The van der Waals surface area contributed by atoms with Gasteiger partial charge in [0, 0.05) is 12.1 Å². The Morgan fingerprint density at radius 2 is 1.40 bits per heavy atom. The molecule has 0 saturated heterocycles. The first-order chi connectivity index (χ1) is 9.90. The van der Waals surface area contributed by atoms with Crippen LogP contribution in [0.2, 0.25) is 0 Å². The summed E-state index contributed by atoms with van der Waals surface area (Å²) in [5.41, 5.74) is 4.53. The summed E-state index contributed by atoms with van der Waals surface area (Å²) in [6.07, 6.45) is 5.14. The minimum Gasteiger partial charge on any atom is -0.306 e. The number of fused-ring (bicyclic) bond motifs is 1. The van der Waals surface area contributed by atoms with Crippen molar-refractivity contribution in [2.45, 2.75) is 37.8 Å². The first-order valence-corrected chi connectivity index (χ1v) is 7.78. The van der Waals surface area contributed by atoms with Crippen LogP contribution in [-0.2, 0) is 12.8 Å². The first kappa shape index (κ1) is 12.2. The van der Waals surface area contributed by atoms with Gasteiger partial charge < -0.3 is 5.32 Å². The first-order valence-electron chi connectivity index (χ1n) is 7.78. The average molecular weight is 263 g/mol. The Hall–Kier alpha value is -1.60. The van der Waals surface area contributed by atoms with Gasteiger partial charge in [-0.15, -0.1) is 0 Å². The number of hydrogen-bond acceptors (Lipinski definition) is 1. The van der Waals surface area contributed by atoms with Crippen LogP contribution in [0.25, 0.3) is 0 Å². The quantitative estimate of drug-likeness (QED) is 0.882. The fourth-order valence-corrected chi connectivity index (χ4v) is 3.53. The third-order valence-corrected chi connectivity index (χ3v) is 4.72. The lowest BCUT2D eigenvalue weighted by Crippen LogP contribution is -2.34. The molecule has 1 atom stereocenters. The lowest BCUT2D eigenvalue weighted by molar-refractivity contribution is 0.410. The Morgan fingerprint density at radius 1 is 0.800 bits per heavy atom. The van der Waals surface area contributed by atoms with Gasteiger partial charge in [0.05, 0.1) is 0 Å². The number of rotatable bonds is 4. The minimum absolute atomic E-state index is 0.551. The van der Waals surface area contributed by atoms with Gasteiger partial charge in [-0.05, 0) is 48.3 Å². The van der Waals surface area contributed by atoms with Crippen molar-refractivity contribution in [3.05, 3.63) is 71.3 Å². The Labute approximate surface area is 121 Å². The molecule has 0 radical (unpaired) electrons. The molecule has 0 heterocycles. The lowest BCUT2D eigenvalue weighted by Gasteiger charge is -2.23. The molecule has 2 aliphatic rings. The van der Waals surface area contributed by atoms with Crippen LogP contribution in [0.15, 0.2) is 54.6 Å². The van der Waals surface area contributed by atoms with Crippen molar-refractivity contribution in [2.75, 3.05) is 0 Å². The summed E-state index contributed by atoms with van der Waals surface area (Å²) in [4.78, 5) is 0. The van der Waals surface area contributed by atoms with Gasteiger partial charge in [-0.2, -0.15) is 0 Å². The molecule has 4 rings (SSSR count). The molecular weight excluding hydrogens is 242 g/mol. The zero-order valence-electron chi connectivity index (χ0n) is 11.8. The zero-order chi connectivity index (χ0) is 13.4. The van der Waals surface area contributed by atoms with E-state index in [1.54, 1.807) is 0 Å². The van der Waals surface area contributed by atoms with Gasteiger partial charge in [0.25, 0.3) is 0 Å². The van der Waals surface area contributed by atoms with Crippen molar-refractivity contribution >= 4 is 0 Å². The van der Waals surface area contributed by atoms with Gasteiger partial charge in [0.15, 0.2) is 0 Å². The second kappa shape index (κ2) is 5.06. The van der Waals surface area contributed by atoms with Crippen molar-refractivity contribution in [2.24, 2.45) is 5.92 Å². The summed E-state index contributed by atoms with van der Waals surface area (Å²) < 4.78 is 0. The summed E-state index contributed by atoms with van der Waals surface area (Å²) in [6, 6.07) is 21.0. The standard InChI is InChI=1S/C19H21N/c1-2-6-14(7-3-1)19(15-10-11-15)20-18-12-16-8-4-5-9-17(16)13-18/h1-9,15,18-20H,10-13H2. The highest BCUT2D eigenvalue weighted by molar-refractivity contribution is 5.33. The molecule has 0 spiro atoms. The van der Waals surface area contributed by atoms with E-state index in [9.17, 15) is 0 Å². The van der Waals surface area contributed by atoms with Crippen LogP contribution in [0.4, 0.5) is 0 Å². The van der Waals surface area contributed by atoms with Crippen LogP contribution >= 0.6 is 0 Å². The molecule has 2 aromatic carbocycles. The van der Waals surface area contributed by atoms with Crippen LogP contribution in [-0.4, -0.2) is 6.04 Å². The molecule has 0 amide bonds. The van der Waals surface area contributed by atoms with Gasteiger partial charge in [0.1, 0.15) is 0 Å². The molecule has 1 unspecified atom stereocenters. The second-order valence-corrected chi connectivity index (χ2v) is 6.27. The fourth-order valence-electron chi connectivity index (χ4n) is 3.53. The monoisotopic (exact) mass is 263 g/mol. The maximum atomic E-state index is 3.94. The van der Waals surface area contributed by atoms with Gasteiger partial charge in [-0.1, -0.05) is 54.6 Å². The molecule has 2 aliphatic carbocycles. The summed E-state index contributed by atoms with van der Waals surface area (Å²) in [5, 5.41) is 3.94. The molecule has 0 aromatic heterocycles. The highest BCUT2D eigenvalue weighted by atomic mass is 15.0. The van der Waals surface area contributed by atoms with Crippen molar-refractivity contribution < 1.29 is 0 Å². The van der Waals surface area contributed by atoms with Crippen molar-refractivity contribution in [1.29, 1.82) is 0 Å². The topological polar surface area (TPSA) is 12.0 Å². The molecule has 0 aliphatic heterocycles. The largest absolute Gasteiger partial charge is 0.306 e. The third-order valence-electron chi connectivity index (χ3n) is 4.72. The molecule has 1 heteroatoms. The van der Waals surface area contributed by atoms with E-state index in [0.29, 0.717) is 12.1 Å². The third kappa shape index (κ3) is 2.38. The number of hydrogen-bond donors (Lipinski definition) is 1. The number of benzene rings is 2. The van der Waals surface area contributed by atoms with Crippen LogP contribution in [0.3, 0.4) is 0 Å². The summed E-state index contributed by atoms with van der Waals surface area (Å²) >= 11 is 0. The summed E-state index contributed by atoms with van der Waals surface area (Å²) in [6.45, 7) is 0. The smallest absolute Gasteiger partial charge is 0.0351 e. The number of nitrogens with one attached hydrogen (secondary N) is 1. The maximum absolute atomic E-state index is 3.94. The molecule has 1 fully saturated rings. The van der Waals surface area contributed by atoms with E-state index >= 15 is 0 Å². The molecule has 1 nitrogen and oxygen atoms in total. The van der Waals surface area contributed by atoms with E-state index in [2.05, 4.69) is 59.9 Å². The predicted octanol–water partition coefficient (Wildman–Crippen LogP) is 3.89. The Morgan fingerprint density at radius 3 is 2.00 bits per heavy atom. The maximum Gasteiger partial charge on any atom is 0.0351 e. The molecular formula is C19H21N. The lowest BCUT2D eigenvalue weighted by atomic mass is 10.0. The van der Waals surface area contributed by atoms with E-state index in [1.165, 1.54) is 42.4 Å². The predicted molar refractivity (Wildman–Crippen MR) is 82.7 cm³/mol. The van der Waals surface area contributed by atoms with Crippen molar-refractivity contribution in [3.8, 4) is 0 Å². The molecule has 20 heavy (non-hydrogen) atoms. The molecule has 2 aromatic rings. The Bertz CT molecular complexity index is 561. The Balaban J connectivity index is 1.51. The fraction of sp³-hybridized carbons (Fsp3) is 0.368. The van der Waals surface area contributed by atoms with E-state index in [-0.39, 0.29) is 0 Å². The van der Waals surface area contributed by atoms with Gasteiger partial charge in [-0.3, -0.25) is 0 Å². The second-order valence-electron chi connectivity index (χ2n) is 6.27. The van der Waals surface area contributed by atoms with Crippen LogP contribution < -0.4 is 5.32 Å². The van der Waals surface area contributed by atoms with Gasteiger partial charge in [0.2, 0.25) is 0 Å². The highest BCUT2D eigenvalue weighted by Crippen LogP contribution is 2.41. The molecule has 1 N–H and O–H groups in total.